The van der Waals surface area contributed by atoms with Crippen molar-refractivity contribution >= 4 is 5.91 Å². The number of carbonyl (C=O) groups excluding carboxylic acids is 1. The maximum atomic E-state index is 11.9. The Morgan fingerprint density at radius 2 is 1.50 bits per heavy atom. The van der Waals surface area contributed by atoms with Gasteiger partial charge in [0, 0.05) is 31.7 Å². The topological polar surface area (TPSA) is 44.4 Å². The molecule has 0 aromatic rings. The molecule has 0 rings (SSSR count). The normalized spacial score (nSPS) is 13.6. The van der Waals surface area contributed by atoms with Crippen molar-refractivity contribution in [2.24, 2.45) is 5.92 Å². The van der Waals surface area contributed by atoms with Crippen molar-refractivity contribution in [1.82, 2.24) is 15.5 Å². The Bertz CT molecular complexity index is 256. The molecule has 4 nitrogen and oxygen atoms in total. The van der Waals surface area contributed by atoms with Gasteiger partial charge in [0.05, 0.1) is 6.04 Å². The van der Waals surface area contributed by atoms with E-state index in [1.165, 1.54) is 0 Å². The van der Waals surface area contributed by atoms with Crippen molar-refractivity contribution in [2.75, 3.05) is 19.6 Å². The predicted molar refractivity (Wildman–Crippen MR) is 86.9 cm³/mol. The fourth-order valence-corrected chi connectivity index (χ4v) is 2.25. The van der Waals surface area contributed by atoms with Gasteiger partial charge >= 0.3 is 0 Å². The highest BCUT2D eigenvalue weighted by Gasteiger charge is 2.15. The Morgan fingerprint density at radius 3 is 1.95 bits per heavy atom. The monoisotopic (exact) mass is 285 g/mol. The third-order valence-electron chi connectivity index (χ3n) is 3.56. The van der Waals surface area contributed by atoms with Crippen LogP contribution in [0, 0.1) is 5.92 Å². The smallest absolute Gasteiger partial charge is 0.236 e. The average Bonchev–Trinajstić information content (AvgIpc) is 2.32. The molecule has 1 amide bonds. The Kier molecular flexibility index (Phi) is 9.86. The van der Waals surface area contributed by atoms with Gasteiger partial charge in [-0.3, -0.25) is 9.69 Å². The highest BCUT2D eigenvalue weighted by molar-refractivity contribution is 5.81. The van der Waals surface area contributed by atoms with Gasteiger partial charge < -0.3 is 10.6 Å². The van der Waals surface area contributed by atoms with Crippen molar-refractivity contribution < 1.29 is 4.79 Å². The number of carbonyl (C=O) groups is 1. The lowest BCUT2D eigenvalue weighted by atomic mass is 10.1. The number of nitrogens with zero attached hydrogens (tertiary/aromatic N) is 1. The molecule has 0 saturated carbocycles. The lowest BCUT2D eigenvalue weighted by Gasteiger charge is -2.31. The van der Waals surface area contributed by atoms with E-state index in [0.717, 1.165) is 26.1 Å². The van der Waals surface area contributed by atoms with Gasteiger partial charge in [-0.15, -0.1) is 0 Å². The SMILES string of the molecule is CC(C)CCNC(=O)C(C)NCCN(C(C)C)C(C)C. The first-order chi connectivity index (χ1) is 9.25. The van der Waals surface area contributed by atoms with Gasteiger partial charge in [-0.05, 0) is 47.0 Å². The van der Waals surface area contributed by atoms with E-state index in [0.29, 0.717) is 18.0 Å². The summed E-state index contributed by atoms with van der Waals surface area (Å²) in [7, 11) is 0. The second kappa shape index (κ2) is 10.2. The molecule has 0 aliphatic carbocycles. The van der Waals surface area contributed by atoms with E-state index in [9.17, 15) is 4.79 Å². The molecular formula is C16H35N3O. The van der Waals surface area contributed by atoms with E-state index >= 15 is 0 Å². The third kappa shape index (κ3) is 8.54. The first-order valence-electron chi connectivity index (χ1n) is 8.02. The van der Waals surface area contributed by atoms with E-state index in [1.807, 2.05) is 6.92 Å². The van der Waals surface area contributed by atoms with Crippen LogP contribution in [0.3, 0.4) is 0 Å². The summed E-state index contributed by atoms with van der Waals surface area (Å²) in [6, 6.07) is 0.947. The molecule has 4 heteroatoms. The zero-order valence-electron chi connectivity index (χ0n) is 14.5. The largest absolute Gasteiger partial charge is 0.355 e. The summed E-state index contributed by atoms with van der Waals surface area (Å²) >= 11 is 0. The Balaban J connectivity index is 3.91. The maximum absolute atomic E-state index is 11.9. The molecule has 0 spiro atoms. The summed E-state index contributed by atoms with van der Waals surface area (Å²) in [5.74, 6) is 0.732. The fraction of sp³-hybridized carbons (Fsp3) is 0.938. The van der Waals surface area contributed by atoms with Crippen LogP contribution < -0.4 is 10.6 Å². The van der Waals surface area contributed by atoms with Crippen LogP contribution in [0.4, 0.5) is 0 Å². The number of hydrogen-bond donors (Lipinski definition) is 2. The number of nitrogens with one attached hydrogen (secondary N) is 2. The van der Waals surface area contributed by atoms with Crippen LogP contribution in [0.5, 0.6) is 0 Å². The second-order valence-electron chi connectivity index (χ2n) is 6.57. The molecule has 120 valence electrons. The van der Waals surface area contributed by atoms with Crippen molar-refractivity contribution in [3.8, 4) is 0 Å². The molecule has 0 saturated heterocycles. The number of amides is 1. The van der Waals surface area contributed by atoms with E-state index in [4.69, 9.17) is 0 Å². The van der Waals surface area contributed by atoms with Gasteiger partial charge in [-0.25, -0.2) is 0 Å². The molecule has 0 heterocycles. The highest BCUT2D eigenvalue weighted by Crippen LogP contribution is 2.03. The highest BCUT2D eigenvalue weighted by atomic mass is 16.2. The Morgan fingerprint density at radius 1 is 0.950 bits per heavy atom. The van der Waals surface area contributed by atoms with Crippen LogP contribution in [-0.2, 0) is 4.79 Å². The van der Waals surface area contributed by atoms with E-state index in [1.54, 1.807) is 0 Å². The Hall–Kier alpha value is -0.610. The predicted octanol–water partition coefficient (Wildman–Crippen LogP) is 2.25. The lowest BCUT2D eigenvalue weighted by Crippen LogP contribution is -2.47. The van der Waals surface area contributed by atoms with Gasteiger partial charge in [0.2, 0.25) is 5.91 Å². The second-order valence-corrected chi connectivity index (χ2v) is 6.57. The standard InChI is InChI=1S/C16H35N3O/c1-12(2)8-9-18-16(20)15(7)17-10-11-19(13(3)4)14(5)6/h12-15,17H,8-11H2,1-7H3,(H,18,20). The van der Waals surface area contributed by atoms with E-state index in [2.05, 4.69) is 57.1 Å². The number of hydrogen-bond acceptors (Lipinski definition) is 3. The van der Waals surface area contributed by atoms with Crippen molar-refractivity contribution in [3.63, 3.8) is 0 Å². The molecule has 0 bridgehead atoms. The van der Waals surface area contributed by atoms with Crippen LogP contribution in [-0.4, -0.2) is 48.6 Å². The molecule has 0 radical (unpaired) electrons. The van der Waals surface area contributed by atoms with Gasteiger partial charge in [0.1, 0.15) is 0 Å². The van der Waals surface area contributed by atoms with Gasteiger partial charge in [0.25, 0.3) is 0 Å². The molecule has 1 unspecified atom stereocenters. The first-order valence-corrected chi connectivity index (χ1v) is 8.02. The van der Waals surface area contributed by atoms with Crippen LogP contribution in [0.15, 0.2) is 0 Å². The minimum Gasteiger partial charge on any atom is -0.355 e. The minimum absolute atomic E-state index is 0.103. The van der Waals surface area contributed by atoms with Crippen LogP contribution in [0.2, 0.25) is 0 Å². The third-order valence-corrected chi connectivity index (χ3v) is 3.56. The zero-order valence-corrected chi connectivity index (χ0v) is 14.5. The molecule has 2 N–H and O–H groups in total. The molecule has 0 aromatic heterocycles. The van der Waals surface area contributed by atoms with E-state index < -0.39 is 0 Å². The maximum Gasteiger partial charge on any atom is 0.236 e. The molecular weight excluding hydrogens is 250 g/mol. The molecule has 0 aromatic carbocycles. The zero-order chi connectivity index (χ0) is 15.7. The first kappa shape index (κ1) is 19.4. The summed E-state index contributed by atoms with van der Waals surface area (Å²) in [5.41, 5.74) is 0. The quantitative estimate of drug-likeness (QED) is 0.647. The summed E-state index contributed by atoms with van der Waals surface area (Å²) < 4.78 is 0. The minimum atomic E-state index is -0.122. The fourth-order valence-electron chi connectivity index (χ4n) is 2.25. The van der Waals surface area contributed by atoms with E-state index in [-0.39, 0.29) is 11.9 Å². The molecule has 20 heavy (non-hydrogen) atoms. The van der Waals surface area contributed by atoms with Gasteiger partial charge in [0.15, 0.2) is 0 Å². The molecule has 1 atom stereocenters. The molecule has 0 fully saturated rings. The van der Waals surface area contributed by atoms with Crippen molar-refractivity contribution in [3.05, 3.63) is 0 Å². The summed E-state index contributed by atoms with van der Waals surface area (Å²) in [5, 5.41) is 6.29. The summed E-state index contributed by atoms with van der Waals surface area (Å²) in [6.45, 7) is 17.7. The lowest BCUT2D eigenvalue weighted by molar-refractivity contribution is -0.122. The number of rotatable bonds is 10. The molecule has 0 aliphatic rings. The van der Waals surface area contributed by atoms with Gasteiger partial charge in [-0.2, -0.15) is 0 Å². The van der Waals surface area contributed by atoms with Crippen LogP contribution >= 0.6 is 0 Å². The van der Waals surface area contributed by atoms with Crippen molar-refractivity contribution in [1.29, 1.82) is 0 Å². The van der Waals surface area contributed by atoms with Crippen LogP contribution in [0.25, 0.3) is 0 Å². The van der Waals surface area contributed by atoms with Crippen LogP contribution in [0.1, 0.15) is 54.9 Å². The average molecular weight is 285 g/mol. The Labute approximate surface area is 125 Å². The molecule has 0 aliphatic heterocycles. The summed E-state index contributed by atoms with van der Waals surface area (Å²) in [6.07, 6.45) is 1.03. The summed E-state index contributed by atoms with van der Waals surface area (Å²) in [4.78, 5) is 14.3. The van der Waals surface area contributed by atoms with Crippen molar-refractivity contribution in [2.45, 2.75) is 73.0 Å². The van der Waals surface area contributed by atoms with Gasteiger partial charge in [-0.1, -0.05) is 13.8 Å².